The van der Waals surface area contributed by atoms with Crippen LogP contribution in [-0.4, -0.2) is 25.9 Å². The van der Waals surface area contributed by atoms with Crippen LogP contribution in [0.1, 0.15) is 12.8 Å². The third-order valence-corrected chi connectivity index (χ3v) is 4.63. The number of hydrogen-bond donors (Lipinski definition) is 2. The molecule has 9 heteroatoms. The summed E-state index contributed by atoms with van der Waals surface area (Å²) in [6.07, 6.45) is 0.348. The molecule has 0 saturated carbocycles. The van der Waals surface area contributed by atoms with E-state index in [0.717, 1.165) is 0 Å². The lowest BCUT2D eigenvalue weighted by Gasteiger charge is -2.23. The van der Waals surface area contributed by atoms with E-state index in [1.807, 2.05) is 6.07 Å². The van der Waals surface area contributed by atoms with Gasteiger partial charge in [0.2, 0.25) is 15.9 Å². The predicted molar refractivity (Wildman–Crippen MR) is 97.0 cm³/mol. The molecule has 1 aliphatic rings. The summed E-state index contributed by atoms with van der Waals surface area (Å²) >= 11 is 0. The molecule has 0 bridgehead atoms. The molecule has 3 N–H and O–H groups in total. The number of amides is 2. The summed E-state index contributed by atoms with van der Waals surface area (Å²) < 4.78 is 22.8. The van der Waals surface area contributed by atoms with Crippen molar-refractivity contribution in [1.29, 1.82) is 0 Å². The monoisotopic (exact) mass is 372 g/mol. The molecule has 2 amide bonds. The van der Waals surface area contributed by atoms with Gasteiger partial charge >= 0.3 is 0 Å². The summed E-state index contributed by atoms with van der Waals surface area (Å²) in [5, 5.41) is 13.0. The van der Waals surface area contributed by atoms with E-state index >= 15 is 0 Å². The molecule has 0 spiro atoms. The second kappa shape index (κ2) is 7.06. The number of para-hydroxylation sites is 1. The number of rotatable bonds is 4. The van der Waals surface area contributed by atoms with Gasteiger partial charge in [0.1, 0.15) is 5.71 Å². The number of anilines is 2. The van der Waals surface area contributed by atoms with Gasteiger partial charge in [0.05, 0.1) is 10.6 Å². The fourth-order valence-electron chi connectivity index (χ4n) is 2.44. The van der Waals surface area contributed by atoms with Gasteiger partial charge in [-0.2, -0.15) is 5.10 Å². The van der Waals surface area contributed by atoms with Gasteiger partial charge in [-0.25, -0.2) is 18.6 Å². The molecule has 0 aliphatic carbocycles. The zero-order chi connectivity index (χ0) is 18.7. The minimum Gasteiger partial charge on any atom is -0.321 e. The molecule has 0 saturated heterocycles. The molecule has 0 radical (unpaired) electrons. The lowest BCUT2D eigenvalue weighted by molar-refractivity contribution is -0.118. The SMILES string of the molecule is NS(=O)(=O)c1cccc(NC(=O)C2=NN(c3ccccc3)C(=O)CC2)c1. The average Bonchev–Trinajstić information content (AvgIpc) is 2.62. The van der Waals surface area contributed by atoms with Gasteiger partial charge in [-0.3, -0.25) is 9.59 Å². The summed E-state index contributed by atoms with van der Waals surface area (Å²) in [4.78, 5) is 24.4. The number of benzene rings is 2. The largest absolute Gasteiger partial charge is 0.321 e. The number of nitrogens with zero attached hydrogens (tertiary/aromatic N) is 2. The van der Waals surface area contributed by atoms with Crippen molar-refractivity contribution < 1.29 is 18.0 Å². The number of primary sulfonamides is 1. The number of sulfonamides is 1. The van der Waals surface area contributed by atoms with Crippen LogP contribution < -0.4 is 15.5 Å². The third kappa shape index (κ3) is 3.95. The quantitative estimate of drug-likeness (QED) is 0.843. The summed E-state index contributed by atoms with van der Waals surface area (Å²) in [6, 6.07) is 14.4. The van der Waals surface area contributed by atoms with E-state index in [4.69, 9.17) is 5.14 Å². The van der Waals surface area contributed by atoms with E-state index in [9.17, 15) is 18.0 Å². The topological polar surface area (TPSA) is 122 Å². The number of hydrazone groups is 1. The van der Waals surface area contributed by atoms with Crippen LogP contribution in [0.2, 0.25) is 0 Å². The van der Waals surface area contributed by atoms with E-state index in [0.29, 0.717) is 5.69 Å². The van der Waals surface area contributed by atoms with Gasteiger partial charge in [0, 0.05) is 18.5 Å². The first kappa shape index (κ1) is 17.8. The van der Waals surface area contributed by atoms with Crippen molar-refractivity contribution in [3.8, 4) is 0 Å². The Morgan fingerprint density at radius 3 is 2.50 bits per heavy atom. The zero-order valence-corrected chi connectivity index (χ0v) is 14.4. The molecule has 0 aromatic heterocycles. The second-order valence-electron chi connectivity index (χ2n) is 5.61. The fourth-order valence-corrected chi connectivity index (χ4v) is 3.00. The molecule has 0 atom stereocenters. The minimum absolute atomic E-state index is 0.109. The third-order valence-electron chi connectivity index (χ3n) is 3.72. The van der Waals surface area contributed by atoms with Gasteiger partial charge in [0.25, 0.3) is 5.91 Å². The average molecular weight is 372 g/mol. The Morgan fingerprint density at radius 2 is 1.81 bits per heavy atom. The molecule has 2 aromatic rings. The molecular formula is C17H16N4O4S. The van der Waals surface area contributed by atoms with E-state index < -0.39 is 15.9 Å². The predicted octanol–water partition coefficient (Wildman–Crippen LogP) is 1.46. The highest BCUT2D eigenvalue weighted by molar-refractivity contribution is 7.89. The zero-order valence-electron chi connectivity index (χ0n) is 13.6. The van der Waals surface area contributed by atoms with E-state index in [1.54, 1.807) is 24.3 Å². The van der Waals surface area contributed by atoms with Gasteiger partial charge in [0.15, 0.2) is 0 Å². The molecule has 3 rings (SSSR count). The van der Waals surface area contributed by atoms with Gasteiger partial charge in [-0.15, -0.1) is 0 Å². The molecule has 8 nitrogen and oxygen atoms in total. The summed E-state index contributed by atoms with van der Waals surface area (Å²) in [6.45, 7) is 0. The first-order valence-electron chi connectivity index (χ1n) is 7.74. The minimum atomic E-state index is -3.87. The molecule has 0 unspecified atom stereocenters. The Morgan fingerprint density at radius 1 is 1.08 bits per heavy atom. The fraction of sp³-hybridized carbons (Fsp3) is 0.118. The van der Waals surface area contributed by atoms with Crippen LogP contribution >= 0.6 is 0 Å². The van der Waals surface area contributed by atoms with Gasteiger partial charge in [-0.1, -0.05) is 24.3 Å². The maximum atomic E-state index is 12.5. The Labute approximate surface area is 150 Å². The van der Waals surface area contributed by atoms with E-state index in [-0.39, 0.29) is 35.0 Å². The number of carbonyl (C=O) groups excluding carboxylic acids is 2. The van der Waals surface area contributed by atoms with Crippen molar-refractivity contribution in [2.75, 3.05) is 10.3 Å². The molecular weight excluding hydrogens is 356 g/mol. The van der Waals surface area contributed by atoms with Crippen molar-refractivity contribution in [2.24, 2.45) is 10.2 Å². The highest BCUT2D eigenvalue weighted by Crippen LogP contribution is 2.20. The van der Waals surface area contributed by atoms with Crippen LogP contribution in [0.4, 0.5) is 11.4 Å². The van der Waals surface area contributed by atoms with Crippen molar-refractivity contribution >= 4 is 38.9 Å². The van der Waals surface area contributed by atoms with Crippen LogP contribution in [0.5, 0.6) is 0 Å². The van der Waals surface area contributed by atoms with Crippen LogP contribution in [0, 0.1) is 0 Å². The van der Waals surface area contributed by atoms with E-state index in [2.05, 4.69) is 10.4 Å². The number of nitrogens with two attached hydrogens (primary N) is 1. The van der Waals surface area contributed by atoms with Crippen molar-refractivity contribution in [3.63, 3.8) is 0 Å². The summed E-state index contributed by atoms with van der Waals surface area (Å²) in [5.41, 5.74) is 1.01. The smallest absolute Gasteiger partial charge is 0.271 e. The number of nitrogens with one attached hydrogen (secondary N) is 1. The van der Waals surface area contributed by atoms with Crippen LogP contribution in [0.25, 0.3) is 0 Å². The highest BCUT2D eigenvalue weighted by atomic mass is 32.2. The lowest BCUT2D eigenvalue weighted by atomic mass is 10.1. The molecule has 26 heavy (non-hydrogen) atoms. The van der Waals surface area contributed by atoms with Crippen molar-refractivity contribution in [3.05, 3.63) is 54.6 Å². The van der Waals surface area contributed by atoms with Gasteiger partial charge < -0.3 is 5.32 Å². The normalized spacial score (nSPS) is 14.7. The highest BCUT2D eigenvalue weighted by Gasteiger charge is 2.25. The summed E-state index contributed by atoms with van der Waals surface area (Å²) in [5.74, 6) is -0.714. The standard InChI is InChI=1S/C17H16N4O4S/c18-26(24,25)14-8-4-5-12(11-14)19-17(23)15-9-10-16(22)21(20-15)13-6-2-1-3-7-13/h1-8,11H,9-10H2,(H,19,23)(H2,18,24,25). The summed E-state index contributed by atoms with van der Waals surface area (Å²) in [7, 11) is -3.87. The molecule has 2 aromatic carbocycles. The Hall–Kier alpha value is -3.04. The molecule has 1 aliphatic heterocycles. The van der Waals surface area contributed by atoms with Crippen LogP contribution in [0.3, 0.4) is 0 Å². The number of hydrogen-bond acceptors (Lipinski definition) is 5. The number of carbonyl (C=O) groups is 2. The maximum absolute atomic E-state index is 12.5. The van der Waals surface area contributed by atoms with Crippen molar-refractivity contribution in [1.82, 2.24) is 0 Å². The van der Waals surface area contributed by atoms with Crippen molar-refractivity contribution in [2.45, 2.75) is 17.7 Å². The molecule has 1 heterocycles. The maximum Gasteiger partial charge on any atom is 0.271 e. The first-order valence-corrected chi connectivity index (χ1v) is 9.29. The van der Waals surface area contributed by atoms with E-state index in [1.165, 1.54) is 29.3 Å². The Balaban J connectivity index is 1.83. The Bertz CT molecular complexity index is 987. The first-order chi connectivity index (χ1) is 12.3. The lowest BCUT2D eigenvalue weighted by Crippen LogP contribution is -2.36. The second-order valence-corrected chi connectivity index (χ2v) is 7.18. The molecule has 134 valence electrons. The van der Waals surface area contributed by atoms with Crippen LogP contribution in [0.15, 0.2) is 64.6 Å². The van der Waals surface area contributed by atoms with Gasteiger partial charge in [-0.05, 0) is 30.3 Å². The molecule has 0 fully saturated rings. The van der Waals surface area contributed by atoms with Crippen LogP contribution in [-0.2, 0) is 19.6 Å². The Kier molecular flexibility index (Phi) is 4.83.